The third-order valence-corrected chi connectivity index (χ3v) is 6.31. The van der Waals surface area contributed by atoms with Crippen LogP contribution >= 0.6 is 0 Å². The number of hydrogen-bond acceptors (Lipinski definition) is 5. The largest absolute Gasteiger partial charge is 0.495 e. The standard InChI is InChI=1S/C21H27N3O4S/c1-16(25)23-20-14-19(10-11-21(20)28-2)29(26,27)22-15-17-6-8-18(9-7-17)24-12-4-3-5-13-24/h6-11,14,22H,3-5,12-13,15H2,1-2H3,(H,23,25). The first kappa shape index (κ1) is 21.1. The quantitative estimate of drug-likeness (QED) is 0.723. The summed E-state index contributed by atoms with van der Waals surface area (Å²) in [4.78, 5) is 13.8. The van der Waals surface area contributed by atoms with Gasteiger partial charge in [0.1, 0.15) is 5.75 Å². The molecule has 156 valence electrons. The molecule has 2 aromatic rings. The number of methoxy groups -OCH3 is 1. The van der Waals surface area contributed by atoms with E-state index in [9.17, 15) is 13.2 Å². The highest BCUT2D eigenvalue weighted by Crippen LogP contribution is 2.27. The number of anilines is 2. The summed E-state index contributed by atoms with van der Waals surface area (Å²) in [6.45, 7) is 3.68. The number of rotatable bonds is 7. The van der Waals surface area contributed by atoms with Crippen molar-refractivity contribution in [2.24, 2.45) is 0 Å². The fraction of sp³-hybridized carbons (Fsp3) is 0.381. The average Bonchev–Trinajstić information content (AvgIpc) is 2.73. The van der Waals surface area contributed by atoms with Gasteiger partial charge in [0.2, 0.25) is 15.9 Å². The van der Waals surface area contributed by atoms with Gasteiger partial charge in [-0.25, -0.2) is 13.1 Å². The second kappa shape index (κ2) is 9.28. The maximum atomic E-state index is 12.7. The van der Waals surface area contributed by atoms with Gasteiger partial charge in [0.25, 0.3) is 0 Å². The molecular weight excluding hydrogens is 390 g/mol. The van der Waals surface area contributed by atoms with Crippen LogP contribution in [0.25, 0.3) is 0 Å². The van der Waals surface area contributed by atoms with Crippen molar-refractivity contribution in [2.75, 3.05) is 30.4 Å². The highest BCUT2D eigenvalue weighted by atomic mass is 32.2. The van der Waals surface area contributed by atoms with Gasteiger partial charge in [-0.15, -0.1) is 0 Å². The van der Waals surface area contributed by atoms with Gasteiger partial charge in [-0.3, -0.25) is 4.79 Å². The second-order valence-corrected chi connectivity index (χ2v) is 8.85. The van der Waals surface area contributed by atoms with E-state index < -0.39 is 10.0 Å². The van der Waals surface area contributed by atoms with E-state index in [4.69, 9.17) is 4.74 Å². The predicted molar refractivity (Wildman–Crippen MR) is 114 cm³/mol. The van der Waals surface area contributed by atoms with Crippen molar-refractivity contribution in [1.82, 2.24) is 4.72 Å². The number of nitrogens with zero attached hydrogens (tertiary/aromatic N) is 1. The van der Waals surface area contributed by atoms with Gasteiger partial charge in [0.15, 0.2) is 0 Å². The van der Waals surface area contributed by atoms with Crippen LogP contribution in [0.3, 0.4) is 0 Å². The van der Waals surface area contributed by atoms with Crippen LogP contribution in [0.2, 0.25) is 0 Å². The van der Waals surface area contributed by atoms with E-state index >= 15 is 0 Å². The summed E-state index contributed by atoms with van der Waals surface area (Å²) in [5.41, 5.74) is 2.37. The third-order valence-electron chi connectivity index (χ3n) is 4.92. The number of amides is 1. The lowest BCUT2D eigenvalue weighted by atomic mass is 10.1. The van der Waals surface area contributed by atoms with Crippen LogP contribution < -0.4 is 19.7 Å². The molecule has 1 fully saturated rings. The monoisotopic (exact) mass is 417 g/mol. The Morgan fingerprint density at radius 1 is 1.07 bits per heavy atom. The van der Waals surface area contributed by atoms with E-state index in [0.717, 1.165) is 18.7 Å². The van der Waals surface area contributed by atoms with Gasteiger partial charge in [0, 0.05) is 32.2 Å². The normalized spacial score (nSPS) is 14.5. The molecule has 2 N–H and O–H groups in total. The maximum Gasteiger partial charge on any atom is 0.240 e. The first-order chi connectivity index (χ1) is 13.9. The Morgan fingerprint density at radius 2 is 1.76 bits per heavy atom. The number of sulfonamides is 1. The van der Waals surface area contributed by atoms with Crippen LogP contribution in [0.5, 0.6) is 5.75 Å². The minimum atomic E-state index is -3.74. The number of nitrogens with one attached hydrogen (secondary N) is 2. The van der Waals surface area contributed by atoms with Crippen LogP contribution in [0.4, 0.5) is 11.4 Å². The summed E-state index contributed by atoms with van der Waals surface area (Å²) in [6.07, 6.45) is 3.71. The minimum Gasteiger partial charge on any atom is -0.495 e. The molecule has 0 aromatic heterocycles. The number of piperidine rings is 1. The maximum absolute atomic E-state index is 12.7. The molecule has 8 heteroatoms. The molecule has 0 bridgehead atoms. The van der Waals surface area contributed by atoms with Gasteiger partial charge in [-0.1, -0.05) is 12.1 Å². The van der Waals surface area contributed by atoms with Gasteiger partial charge in [-0.2, -0.15) is 0 Å². The molecule has 0 atom stereocenters. The SMILES string of the molecule is COc1ccc(S(=O)(=O)NCc2ccc(N3CCCCC3)cc2)cc1NC(C)=O. The smallest absolute Gasteiger partial charge is 0.240 e. The van der Waals surface area contributed by atoms with Crippen molar-refractivity contribution in [1.29, 1.82) is 0 Å². The van der Waals surface area contributed by atoms with Crippen LogP contribution in [0.15, 0.2) is 47.4 Å². The van der Waals surface area contributed by atoms with E-state index in [1.807, 2.05) is 24.3 Å². The van der Waals surface area contributed by atoms with Crippen LogP contribution in [0, 0.1) is 0 Å². The summed E-state index contributed by atoms with van der Waals surface area (Å²) in [6, 6.07) is 12.3. The summed E-state index contributed by atoms with van der Waals surface area (Å²) < 4.78 is 33.2. The zero-order chi connectivity index (χ0) is 20.9. The number of carbonyl (C=O) groups excluding carboxylic acids is 1. The second-order valence-electron chi connectivity index (χ2n) is 7.08. The average molecular weight is 418 g/mol. The molecule has 1 amide bonds. The van der Waals surface area contributed by atoms with Crippen LogP contribution in [0.1, 0.15) is 31.7 Å². The van der Waals surface area contributed by atoms with Crippen molar-refractivity contribution < 1.29 is 17.9 Å². The molecule has 0 unspecified atom stereocenters. The zero-order valence-corrected chi connectivity index (χ0v) is 17.6. The molecule has 7 nitrogen and oxygen atoms in total. The fourth-order valence-corrected chi connectivity index (χ4v) is 4.42. The number of hydrogen-bond donors (Lipinski definition) is 2. The summed E-state index contributed by atoms with van der Waals surface area (Å²) >= 11 is 0. The molecule has 2 aromatic carbocycles. The van der Waals surface area contributed by atoms with Crippen LogP contribution in [-0.2, 0) is 21.4 Å². The minimum absolute atomic E-state index is 0.0620. The molecule has 1 aliphatic rings. The first-order valence-corrected chi connectivity index (χ1v) is 11.2. The van der Waals surface area contributed by atoms with E-state index in [-0.39, 0.29) is 17.3 Å². The topological polar surface area (TPSA) is 87.7 Å². The Balaban J connectivity index is 1.68. The zero-order valence-electron chi connectivity index (χ0n) is 16.8. The van der Waals surface area contributed by atoms with E-state index in [0.29, 0.717) is 11.4 Å². The highest BCUT2D eigenvalue weighted by Gasteiger charge is 2.17. The molecule has 0 spiro atoms. The Morgan fingerprint density at radius 3 is 2.38 bits per heavy atom. The summed E-state index contributed by atoms with van der Waals surface area (Å²) in [5.74, 6) is 0.0899. The summed E-state index contributed by atoms with van der Waals surface area (Å²) in [7, 11) is -2.28. The van der Waals surface area contributed by atoms with Gasteiger partial charge >= 0.3 is 0 Å². The van der Waals surface area contributed by atoms with E-state index in [1.54, 1.807) is 0 Å². The lowest BCUT2D eigenvalue weighted by molar-refractivity contribution is -0.114. The van der Waals surface area contributed by atoms with Crippen molar-refractivity contribution in [3.63, 3.8) is 0 Å². The van der Waals surface area contributed by atoms with Crippen molar-refractivity contribution in [3.8, 4) is 5.75 Å². The molecule has 0 radical (unpaired) electrons. The molecular formula is C21H27N3O4S. The van der Waals surface area contributed by atoms with E-state index in [2.05, 4.69) is 14.9 Å². The van der Waals surface area contributed by atoms with Gasteiger partial charge in [0.05, 0.1) is 17.7 Å². The lowest BCUT2D eigenvalue weighted by Gasteiger charge is -2.28. The van der Waals surface area contributed by atoms with Crippen molar-refractivity contribution >= 4 is 27.3 Å². The Bertz CT molecular complexity index is 952. The molecule has 1 heterocycles. The number of carbonyl (C=O) groups is 1. The Labute approximate surface area is 172 Å². The molecule has 29 heavy (non-hydrogen) atoms. The highest BCUT2D eigenvalue weighted by molar-refractivity contribution is 7.89. The third kappa shape index (κ3) is 5.48. The molecule has 3 rings (SSSR count). The van der Waals surface area contributed by atoms with Crippen LogP contribution in [-0.4, -0.2) is 34.5 Å². The number of ether oxygens (including phenoxy) is 1. The van der Waals surface area contributed by atoms with Gasteiger partial charge < -0.3 is 15.0 Å². The molecule has 1 aliphatic heterocycles. The predicted octanol–water partition coefficient (Wildman–Crippen LogP) is 3.12. The Kier molecular flexibility index (Phi) is 6.76. The van der Waals surface area contributed by atoms with Crippen molar-refractivity contribution in [3.05, 3.63) is 48.0 Å². The molecule has 0 saturated carbocycles. The molecule has 0 aliphatic carbocycles. The summed E-state index contributed by atoms with van der Waals surface area (Å²) in [5, 5.41) is 2.59. The van der Waals surface area contributed by atoms with Gasteiger partial charge in [-0.05, 0) is 55.2 Å². The number of benzene rings is 2. The fourth-order valence-electron chi connectivity index (χ4n) is 3.38. The molecule has 1 saturated heterocycles. The van der Waals surface area contributed by atoms with E-state index in [1.165, 1.54) is 57.2 Å². The Hall–Kier alpha value is -2.58. The lowest BCUT2D eigenvalue weighted by Crippen LogP contribution is -2.29. The van der Waals surface area contributed by atoms with Crippen molar-refractivity contribution in [2.45, 2.75) is 37.6 Å². The first-order valence-electron chi connectivity index (χ1n) is 9.68.